The minimum atomic E-state index is 0.0115. The van der Waals surface area contributed by atoms with E-state index in [4.69, 9.17) is 0 Å². The summed E-state index contributed by atoms with van der Waals surface area (Å²) in [6.07, 6.45) is 5.67. The van der Waals surface area contributed by atoms with Crippen LogP contribution in [0.3, 0.4) is 0 Å². The molecule has 0 aromatic heterocycles. The fourth-order valence-corrected chi connectivity index (χ4v) is 2.56. The average molecular weight is 206 g/mol. The van der Waals surface area contributed by atoms with E-state index in [-0.39, 0.29) is 17.1 Å². The molecule has 0 unspecified atom stereocenters. The second-order valence-corrected chi connectivity index (χ2v) is 5.25. The molecule has 1 saturated carbocycles. The molecule has 0 radical (unpaired) electrons. The van der Waals surface area contributed by atoms with E-state index in [1.54, 1.807) is 6.08 Å². The molecule has 1 aliphatic rings. The predicted molar refractivity (Wildman–Crippen MR) is 64.6 cm³/mol. The summed E-state index contributed by atoms with van der Waals surface area (Å²) in [5.74, 6) is 0.818. The first kappa shape index (κ1) is 12.2. The highest BCUT2D eigenvalue weighted by atomic mass is 16.1. The molecule has 0 amide bonds. The molecule has 1 aliphatic carbocycles. The van der Waals surface area contributed by atoms with E-state index < -0.39 is 0 Å². The lowest BCUT2D eigenvalue weighted by molar-refractivity contribution is -0.122. The largest absolute Gasteiger partial charge is 0.294 e. The van der Waals surface area contributed by atoms with Gasteiger partial charge in [-0.3, -0.25) is 4.79 Å². The Hall–Kier alpha value is -0.850. The van der Waals surface area contributed by atoms with Gasteiger partial charge in [-0.25, -0.2) is 0 Å². The fraction of sp³-hybridized carbons (Fsp3) is 0.643. The zero-order valence-electron chi connectivity index (χ0n) is 10.3. The molecule has 15 heavy (non-hydrogen) atoms. The molecule has 0 spiro atoms. The molecule has 0 heterocycles. The maximum atomic E-state index is 12.0. The number of rotatable bonds is 2. The van der Waals surface area contributed by atoms with Crippen LogP contribution in [0.25, 0.3) is 0 Å². The van der Waals surface area contributed by atoms with Crippen molar-refractivity contribution in [3.05, 3.63) is 24.3 Å². The molecule has 0 aromatic carbocycles. The zero-order valence-corrected chi connectivity index (χ0v) is 10.3. The van der Waals surface area contributed by atoms with E-state index in [0.29, 0.717) is 5.92 Å². The Morgan fingerprint density at radius 1 is 1.53 bits per heavy atom. The third kappa shape index (κ3) is 2.22. The van der Waals surface area contributed by atoms with Crippen molar-refractivity contribution < 1.29 is 4.79 Å². The molecule has 0 N–H and O–H groups in total. The Morgan fingerprint density at radius 2 is 2.13 bits per heavy atom. The van der Waals surface area contributed by atoms with Gasteiger partial charge in [0.15, 0.2) is 5.78 Å². The first-order valence-electron chi connectivity index (χ1n) is 5.75. The smallest absolute Gasteiger partial charge is 0.162 e. The third-order valence-corrected chi connectivity index (χ3v) is 3.94. The van der Waals surface area contributed by atoms with Crippen LogP contribution in [0.5, 0.6) is 0 Å². The van der Waals surface area contributed by atoms with Gasteiger partial charge in [0.1, 0.15) is 0 Å². The van der Waals surface area contributed by atoms with Crippen LogP contribution < -0.4 is 0 Å². The van der Waals surface area contributed by atoms with E-state index in [9.17, 15) is 4.79 Å². The molecule has 0 saturated heterocycles. The molecule has 0 aliphatic heterocycles. The Labute approximate surface area is 93.3 Å². The van der Waals surface area contributed by atoms with Gasteiger partial charge < -0.3 is 0 Å². The van der Waals surface area contributed by atoms with Crippen molar-refractivity contribution >= 4 is 5.78 Å². The molecule has 1 nitrogen and oxygen atoms in total. The summed E-state index contributed by atoms with van der Waals surface area (Å²) in [5.41, 5.74) is 1.16. The van der Waals surface area contributed by atoms with Crippen LogP contribution >= 0.6 is 0 Å². The van der Waals surface area contributed by atoms with Crippen molar-refractivity contribution in [2.24, 2.45) is 17.3 Å². The number of hydrogen-bond acceptors (Lipinski definition) is 1. The second-order valence-electron chi connectivity index (χ2n) is 5.25. The Kier molecular flexibility index (Phi) is 3.54. The number of allylic oxidation sites excluding steroid dienone is 3. The van der Waals surface area contributed by atoms with E-state index in [0.717, 1.165) is 18.4 Å². The van der Waals surface area contributed by atoms with Crippen LogP contribution in [0, 0.1) is 17.3 Å². The maximum absolute atomic E-state index is 12.0. The average Bonchev–Trinajstić information content (AvgIpc) is 2.12. The molecule has 84 valence electrons. The topological polar surface area (TPSA) is 17.1 Å². The van der Waals surface area contributed by atoms with Crippen molar-refractivity contribution in [2.45, 2.75) is 40.5 Å². The van der Waals surface area contributed by atoms with Crippen LogP contribution in [-0.4, -0.2) is 5.78 Å². The van der Waals surface area contributed by atoms with Gasteiger partial charge in [0.25, 0.3) is 0 Å². The number of hydrogen-bond donors (Lipinski definition) is 0. The Bertz CT molecular complexity index is 296. The van der Waals surface area contributed by atoms with E-state index in [1.165, 1.54) is 0 Å². The summed E-state index contributed by atoms with van der Waals surface area (Å²) in [4.78, 5) is 12.0. The van der Waals surface area contributed by atoms with Gasteiger partial charge in [0.05, 0.1) is 0 Å². The quantitative estimate of drug-likeness (QED) is 0.496. The summed E-state index contributed by atoms with van der Waals surface area (Å²) >= 11 is 0. The number of carbonyl (C=O) groups is 1. The van der Waals surface area contributed by atoms with Crippen molar-refractivity contribution in [2.75, 3.05) is 0 Å². The first-order chi connectivity index (χ1) is 6.91. The monoisotopic (exact) mass is 206 g/mol. The van der Waals surface area contributed by atoms with Gasteiger partial charge in [-0.2, -0.15) is 0 Å². The van der Waals surface area contributed by atoms with Gasteiger partial charge in [-0.15, -0.1) is 0 Å². The van der Waals surface area contributed by atoms with Crippen LogP contribution in [0.4, 0.5) is 0 Å². The lowest BCUT2D eigenvalue weighted by Gasteiger charge is -2.43. The molecule has 2 atom stereocenters. The van der Waals surface area contributed by atoms with Gasteiger partial charge in [-0.05, 0) is 37.2 Å². The van der Waals surface area contributed by atoms with E-state index in [1.807, 2.05) is 13.0 Å². The van der Waals surface area contributed by atoms with Crippen molar-refractivity contribution in [1.82, 2.24) is 0 Å². The molecule has 1 fully saturated rings. The van der Waals surface area contributed by atoms with Crippen molar-refractivity contribution in [3.8, 4) is 0 Å². The van der Waals surface area contributed by atoms with Gasteiger partial charge in [0.2, 0.25) is 0 Å². The Morgan fingerprint density at radius 3 is 2.67 bits per heavy atom. The molecule has 1 rings (SSSR count). The number of ketones is 1. The summed E-state index contributed by atoms with van der Waals surface area (Å²) in [6.45, 7) is 12.6. The highest BCUT2D eigenvalue weighted by Gasteiger charge is 2.42. The molecular formula is C14H22O. The van der Waals surface area contributed by atoms with E-state index >= 15 is 0 Å². The predicted octanol–water partition coefficient (Wildman–Crippen LogP) is 3.76. The van der Waals surface area contributed by atoms with Gasteiger partial charge >= 0.3 is 0 Å². The standard InChI is InChI=1S/C14H22O/c1-6-7-12(15)13-10(2)8-9-11(3)14(13,4)5/h6-7,11,13H,2,8-9H2,1,3-5H3/t11-,13+/m1/s1. The van der Waals surface area contributed by atoms with Crippen molar-refractivity contribution in [1.29, 1.82) is 0 Å². The van der Waals surface area contributed by atoms with Gasteiger partial charge in [0, 0.05) is 5.92 Å². The first-order valence-corrected chi connectivity index (χ1v) is 5.75. The fourth-order valence-electron chi connectivity index (χ4n) is 2.56. The maximum Gasteiger partial charge on any atom is 0.162 e. The summed E-state index contributed by atoms with van der Waals surface area (Å²) in [5, 5.41) is 0. The second kappa shape index (κ2) is 4.34. The number of carbonyl (C=O) groups excluding carboxylic acids is 1. The van der Waals surface area contributed by atoms with Crippen LogP contribution in [0.15, 0.2) is 24.3 Å². The minimum Gasteiger partial charge on any atom is -0.294 e. The SMILES string of the molecule is C=C1CC[C@@H](C)C(C)(C)[C@@H]1C(=O)C=CC. The Balaban J connectivity index is 3.00. The van der Waals surface area contributed by atoms with Crippen molar-refractivity contribution in [3.63, 3.8) is 0 Å². The van der Waals surface area contributed by atoms with Crippen LogP contribution in [0.2, 0.25) is 0 Å². The summed E-state index contributed by atoms with van der Waals surface area (Å²) < 4.78 is 0. The summed E-state index contributed by atoms with van der Waals surface area (Å²) in [6, 6.07) is 0. The summed E-state index contributed by atoms with van der Waals surface area (Å²) in [7, 11) is 0. The zero-order chi connectivity index (χ0) is 11.6. The van der Waals surface area contributed by atoms with Crippen LogP contribution in [-0.2, 0) is 4.79 Å². The van der Waals surface area contributed by atoms with Gasteiger partial charge in [-0.1, -0.05) is 39.0 Å². The third-order valence-electron chi connectivity index (χ3n) is 3.94. The highest BCUT2D eigenvalue weighted by molar-refractivity contribution is 5.94. The lowest BCUT2D eigenvalue weighted by atomic mass is 9.60. The lowest BCUT2D eigenvalue weighted by Crippen LogP contribution is -2.40. The molecule has 0 aromatic rings. The molecular weight excluding hydrogens is 184 g/mol. The molecule has 0 bridgehead atoms. The minimum absolute atomic E-state index is 0.0115. The molecule has 1 heteroatoms. The van der Waals surface area contributed by atoms with Crippen LogP contribution in [0.1, 0.15) is 40.5 Å². The van der Waals surface area contributed by atoms with E-state index in [2.05, 4.69) is 27.4 Å². The highest BCUT2D eigenvalue weighted by Crippen LogP contribution is 2.47. The normalized spacial score (nSPS) is 30.8.